The normalized spacial score (nSPS) is 11.3. The third-order valence-corrected chi connectivity index (χ3v) is 4.42. The number of likely N-dealkylation sites (N-methyl/N-ethyl adjacent to an activating group) is 1. The van der Waals surface area contributed by atoms with Gasteiger partial charge in [0.1, 0.15) is 12.4 Å². The Bertz CT molecular complexity index is 912. The zero-order chi connectivity index (χ0) is 19.6. The minimum Gasteiger partial charge on any atom is -0.480 e. The predicted molar refractivity (Wildman–Crippen MR) is 104 cm³/mol. The van der Waals surface area contributed by atoms with Crippen molar-refractivity contribution in [2.45, 2.75) is 26.9 Å². The minimum absolute atomic E-state index is 0.135. The third-order valence-electron chi connectivity index (χ3n) is 4.42. The number of benzene rings is 1. The maximum absolute atomic E-state index is 10.8. The Morgan fingerprint density at radius 1 is 1.11 bits per heavy atom. The first-order valence-electron chi connectivity index (χ1n) is 8.70. The summed E-state index contributed by atoms with van der Waals surface area (Å²) in [5.74, 6) is 0.393. The molecule has 0 radical (unpaired) electrons. The van der Waals surface area contributed by atoms with Gasteiger partial charge in [0.25, 0.3) is 0 Å². The average Bonchev–Trinajstić information content (AvgIpc) is 2.96. The number of aliphatic carboxylic acids is 1. The third kappa shape index (κ3) is 4.59. The average molecular weight is 368 g/mol. The van der Waals surface area contributed by atoms with Crippen molar-refractivity contribution in [3.8, 4) is 0 Å². The zero-order valence-corrected chi connectivity index (χ0v) is 16.0. The van der Waals surface area contributed by atoms with Gasteiger partial charge in [0.05, 0.1) is 17.6 Å². The van der Waals surface area contributed by atoms with Crippen molar-refractivity contribution < 1.29 is 9.90 Å². The van der Waals surface area contributed by atoms with Crippen molar-refractivity contribution in [2.75, 3.05) is 25.5 Å². The van der Waals surface area contributed by atoms with Crippen LogP contribution < -0.4 is 4.90 Å². The van der Waals surface area contributed by atoms with Crippen LogP contribution in [0, 0.1) is 13.8 Å². The summed E-state index contributed by atoms with van der Waals surface area (Å²) in [4.78, 5) is 30.9. The predicted octanol–water partition coefficient (Wildman–Crippen LogP) is 2.12. The van der Waals surface area contributed by atoms with Gasteiger partial charge in [-0.2, -0.15) is 0 Å². The molecule has 0 fully saturated rings. The minimum atomic E-state index is -0.916. The molecule has 2 N–H and O–H groups in total. The van der Waals surface area contributed by atoms with Crippen LogP contribution in [-0.2, 0) is 17.9 Å². The number of carboxylic acid groups (broad SMARTS) is 1. The fourth-order valence-electron chi connectivity index (χ4n) is 2.92. The number of H-pyrrole nitrogens is 1. The fourth-order valence-corrected chi connectivity index (χ4v) is 2.92. The molecule has 2 heterocycles. The molecule has 3 rings (SSSR count). The van der Waals surface area contributed by atoms with Gasteiger partial charge in [-0.1, -0.05) is 0 Å². The van der Waals surface area contributed by atoms with Crippen molar-refractivity contribution >= 4 is 23.0 Å². The van der Waals surface area contributed by atoms with Gasteiger partial charge in [-0.05, 0) is 44.2 Å². The van der Waals surface area contributed by atoms with Gasteiger partial charge in [0.2, 0.25) is 5.95 Å². The van der Waals surface area contributed by atoms with Gasteiger partial charge in [-0.25, -0.2) is 15.0 Å². The molecule has 27 heavy (non-hydrogen) atoms. The largest absolute Gasteiger partial charge is 0.480 e. The van der Waals surface area contributed by atoms with Crippen LogP contribution in [0.3, 0.4) is 0 Å². The van der Waals surface area contributed by atoms with E-state index in [1.54, 1.807) is 19.4 Å². The van der Waals surface area contributed by atoms with Crippen LogP contribution in [0.25, 0.3) is 11.0 Å². The molecule has 0 aliphatic carbocycles. The molecule has 0 saturated heterocycles. The Labute approximate surface area is 157 Å². The van der Waals surface area contributed by atoms with E-state index in [2.05, 4.69) is 50.8 Å². The number of rotatable bonds is 7. The van der Waals surface area contributed by atoms with E-state index in [1.807, 2.05) is 7.05 Å². The molecule has 0 spiro atoms. The van der Waals surface area contributed by atoms with E-state index in [4.69, 9.17) is 5.11 Å². The summed E-state index contributed by atoms with van der Waals surface area (Å²) in [5, 5.41) is 8.83. The molecule has 8 nitrogen and oxygen atoms in total. The Balaban J connectivity index is 1.63. The summed E-state index contributed by atoms with van der Waals surface area (Å²) in [5.41, 5.74) is 5.47. The van der Waals surface area contributed by atoms with Gasteiger partial charge in [-0.3, -0.25) is 9.69 Å². The number of aromatic amines is 1. The molecular formula is C19H24N6O2. The molecule has 0 unspecified atom stereocenters. The number of nitrogens with zero attached hydrogens (tertiary/aromatic N) is 5. The lowest BCUT2D eigenvalue weighted by Gasteiger charge is -2.17. The van der Waals surface area contributed by atoms with E-state index in [0.717, 1.165) is 22.4 Å². The standard InChI is InChI=1S/C19H24N6O2/c1-12-5-15-16(6-13(12)2)23-17(22-15)10-24(3)9-14-7-20-19(21-8-14)25(4)11-18(26)27/h5-8H,9-11H2,1-4H3,(H,22,23)(H,26,27). The van der Waals surface area contributed by atoms with E-state index in [0.29, 0.717) is 19.0 Å². The molecule has 2 aromatic heterocycles. The SMILES string of the molecule is Cc1cc2nc(CN(C)Cc3cnc(N(C)CC(=O)O)nc3)[nH]c2cc1C. The monoisotopic (exact) mass is 368 g/mol. The number of hydrogen-bond donors (Lipinski definition) is 2. The molecular weight excluding hydrogens is 344 g/mol. The van der Waals surface area contributed by atoms with Crippen LogP contribution >= 0.6 is 0 Å². The molecule has 3 aromatic rings. The highest BCUT2D eigenvalue weighted by Crippen LogP contribution is 2.18. The molecule has 0 aliphatic heterocycles. The van der Waals surface area contributed by atoms with Gasteiger partial charge >= 0.3 is 5.97 Å². The summed E-state index contributed by atoms with van der Waals surface area (Å²) in [6.45, 7) is 5.39. The molecule has 0 bridgehead atoms. The quantitative estimate of drug-likeness (QED) is 0.659. The van der Waals surface area contributed by atoms with Crippen LogP contribution in [0.15, 0.2) is 24.5 Å². The lowest BCUT2D eigenvalue weighted by atomic mass is 10.1. The number of fused-ring (bicyclic) bond motifs is 1. The first kappa shape index (κ1) is 18.8. The van der Waals surface area contributed by atoms with E-state index in [9.17, 15) is 4.79 Å². The van der Waals surface area contributed by atoms with Crippen molar-refractivity contribution in [1.82, 2.24) is 24.8 Å². The van der Waals surface area contributed by atoms with Crippen LogP contribution in [0.2, 0.25) is 0 Å². The first-order chi connectivity index (χ1) is 12.8. The van der Waals surface area contributed by atoms with Crippen LogP contribution in [0.4, 0.5) is 5.95 Å². The van der Waals surface area contributed by atoms with Crippen molar-refractivity contribution in [3.63, 3.8) is 0 Å². The van der Waals surface area contributed by atoms with Crippen molar-refractivity contribution in [2.24, 2.45) is 0 Å². The van der Waals surface area contributed by atoms with E-state index >= 15 is 0 Å². The van der Waals surface area contributed by atoms with E-state index < -0.39 is 5.97 Å². The Morgan fingerprint density at radius 3 is 2.44 bits per heavy atom. The molecule has 8 heteroatoms. The van der Waals surface area contributed by atoms with Crippen LogP contribution in [0.1, 0.15) is 22.5 Å². The maximum Gasteiger partial charge on any atom is 0.323 e. The number of carbonyl (C=O) groups is 1. The molecule has 0 saturated carbocycles. The Hall–Kier alpha value is -3.00. The Morgan fingerprint density at radius 2 is 1.78 bits per heavy atom. The summed E-state index contributed by atoms with van der Waals surface area (Å²) in [6, 6.07) is 4.23. The Kier molecular flexibility index (Phi) is 5.36. The number of anilines is 1. The van der Waals surface area contributed by atoms with E-state index in [-0.39, 0.29) is 6.54 Å². The molecule has 0 atom stereocenters. The number of aryl methyl sites for hydroxylation is 2. The summed E-state index contributed by atoms with van der Waals surface area (Å²) < 4.78 is 0. The zero-order valence-electron chi connectivity index (χ0n) is 16.0. The van der Waals surface area contributed by atoms with Gasteiger partial charge in [0, 0.05) is 31.5 Å². The van der Waals surface area contributed by atoms with Crippen LogP contribution in [-0.4, -0.2) is 56.6 Å². The maximum atomic E-state index is 10.8. The summed E-state index contributed by atoms with van der Waals surface area (Å²) >= 11 is 0. The van der Waals surface area contributed by atoms with Crippen LogP contribution in [0.5, 0.6) is 0 Å². The number of imidazole rings is 1. The second kappa shape index (κ2) is 7.71. The van der Waals surface area contributed by atoms with E-state index in [1.165, 1.54) is 16.0 Å². The van der Waals surface area contributed by atoms with Crippen molar-refractivity contribution in [1.29, 1.82) is 0 Å². The smallest absolute Gasteiger partial charge is 0.323 e. The topological polar surface area (TPSA) is 98.2 Å². The highest BCUT2D eigenvalue weighted by atomic mass is 16.4. The van der Waals surface area contributed by atoms with Gasteiger partial charge in [-0.15, -0.1) is 0 Å². The molecule has 0 aliphatic rings. The number of nitrogens with one attached hydrogen (secondary N) is 1. The lowest BCUT2D eigenvalue weighted by Crippen LogP contribution is -2.27. The number of carboxylic acids is 1. The molecule has 142 valence electrons. The van der Waals surface area contributed by atoms with Gasteiger partial charge in [0.15, 0.2) is 0 Å². The second-order valence-corrected chi connectivity index (χ2v) is 6.95. The molecule has 0 amide bonds. The fraction of sp³-hybridized carbons (Fsp3) is 0.368. The summed E-state index contributed by atoms with van der Waals surface area (Å²) in [7, 11) is 3.66. The highest BCUT2D eigenvalue weighted by Gasteiger charge is 2.11. The van der Waals surface area contributed by atoms with Gasteiger partial charge < -0.3 is 15.0 Å². The number of aromatic nitrogens is 4. The van der Waals surface area contributed by atoms with Crippen molar-refractivity contribution in [3.05, 3.63) is 47.0 Å². The molecule has 1 aromatic carbocycles. The first-order valence-corrected chi connectivity index (χ1v) is 8.70. The second-order valence-electron chi connectivity index (χ2n) is 6.95. The number of hydrogen-bond acceptors (Lipinski definition) is 6. The summed E-state index contributed by atoms with van der Waals surface area (Å²) in [6.07, 6.45) is 3.45. The lowest BCUT2D eigenvalue weighted by molar-refractivity contribution is -0.135. The highest BCUT2D eigenvalue weighted by molar-refractivity contribution is 5.77.